The zero-order valence-corrected chi connectivity index (χ0v) is 16.2. The zero-order chi connectivity index (χ0) is 17.3. The normalized spacial score (nSPS) is 16.9. The molecule has 0 aliphatic carbocycles. The van der Waals surface area contributed by atoms with Crippen LogP contribution in [0.2, 0.25) is 0 Å². The molecule has 1 fully saturated rings. The smallest absolute Gasteiger partial charge is 0.225 e. The molecule has 1 aromatic carbocycles. The van der Waals surface area contributed by atoms with E-state index in [-0.39, 0.29) is 0 Å². The van der Waals surface area contributed by atoms with Crippen molar-refractivity contribution in [2.24, 2.45) is 5.92 Å². The first-order valence-electron chi connectivity index (χ1n) is 7.91. The molecule has 130 valence electrons. The summed E-state index contributed by atoms with van der Waals surface area (Å²) in [4.78, 5) is 11.3. The molecule has 2 heterocycles. The minimum atomic E-state index is -3.10. The Balaban J connectivity index is 1.65. The second-order valence-electron chi connectivity index (χ2n) is 6.35. The number of rotatable bonds is 4. The predicted molar refractivity (Wildman–Crippen MR) is 99.6 cm³/mol. The second kappa shape index (κ2) is 6.93. The highest BCUT2D eigenvalue weighted by molar-refractivity contribution is 9.10. The number of benzene rings is 1. The van der Waals surface area contributed by atoms with Gasteiger partial charge in [-0.05, 0) is 37.0 Å². The fourth-order valence-electron chi connectivity index (χ4n) is 2.96. The monoisotopic (exact) mass is 412 g/mol. The molecule has 0 amide bonds. The van der Waals surface area contributed by atoms with Crippen molar-refractivity contribution in [1.82, 2.24) is 14.3 Å². The fraction of sp³-hybridized carbons (Fsp3) is 0.500. The number of nitrogens with zero attached hydrogens (tertiary/aromatic N) is 4. The fourth-order valence-corrected chi connectivity index (χ4v) is 3.82. The van der Waals surface area contributed by atoms with Crippen molar-refractivity contribution >= 4 is 42.8 Å². The Morgan fingerprint density at radius 1 is 1.33 bits per heavy atom. The van der Waals surface area contributed by atoms with E-state index in [9.17, 15) is 8.42 Å². The Labute approximate surface area is 151 Å². The van der Waals surface area contributed by atoms with Crippen LogP contribution in [0.1, 0.15) is 12.8 Å². The largest absolute Gasteiger partial charge is 0.341 e. The average Bonchev–Trinajstić information content (AvgIpc) is 2.54. The minimum Gasteiger partial charge on any atom is -0.341 e. The first kappa shape index (κ1) is 17.6. The van der Waals surface area contributed by atoms with Crippen LogP contribution in [-0.2, 0) is 10.0 Å². The summed E-state index contributed by atoms with van der Waals surface area (Å²) in [6.45, 7) is 2.29. The highest BCUT2D eigenvalue weighted by Gasteiger charge is 2.24. The van der Waals surface area contributed by atoms with Gasteiger partial charge in [-0.1, -0.05) is 15.9 Å². The van der Waals surface area contributed by atoms with Crippen LogP contribution in [0.5, 0.6) is 0 Å². The highest BCUT2D eigenvalue weighted by atomic mass is 79.9. The second-order valence-corrected chi connectivity index (χ2v) is 9.35. The van der Waals surface area contributed by atoms with Crippen LogP contribution >= 0.6 is 15.9 Å². The first-order valence-corrected chi connectivity index (χ1v) is 10.6. The minimum absolute atomic E-state index is 0.386. The van der Waals surface area contributed by atoms with Gasteiger partial charge in [0.25, 0.3) is 0 Å². The lowest BCUT2D eigenvalue weighted by Crippen LogP contribution is -2.39. The number of piperidine rings is 1. The number of hydrogen-bond donors (Lipinski definition) is 0. The van der Waals surface area contributed by atoms with Gasteiger partial charge in [-0.25, -0.2) is 22.7 Å². The summed E-state index contributed by atoms with van der Waals surface area (Å²) in [5.74, 6) is 1.14. The third kappa shape index (κ3) is 4.04. The standard InChI is InChI=1S/C16H21BrN4O2S/c1-20(24(2,22)23)11-12-5-7-21(8-6-12)16-18-10-13-9-14(17)3-4-15(13)19-16/h3-4,9-10,12H,5-8,11H2,1-2H3. The quantitative estimate of drug-likeness (QED) is 0.771. The number of halogens is 1. The lowest BCUT2D eigenvalue weighted by Gasteiger charge is -2.33. The molecule has 0 bridgehead atoms. The molecule has 0 unspecified atom stereocenters. The molecule has 1 saturated heterocycles. The van der Waals surface area contributed by atoms with Gasteiger partial charge in [-0.15, -0.1) is 0 Å². The summed E-state index contributed by atoms with van der Waals surface area (Å²) >= 11 is 3.45. The van der Waals surface area contributed by atoms with Gasteiger partial charge in [-0.3, -0.25) is 0 Å². The van der Waals surface area contributed by atoms with Gasteiger partial charge in [0, 0.05) is 42.7 Å². The topological polar surface area (TPSA) is 66.4 Å². The summed E-state index contributed by atoms with van der Waals surface area (Å²) in [5, 5.41) is 1.01. The summed E-state index contributed by atoms with van der Waals surface area (Å²) in [6, 6.07) is 5.97. The number of fused-ring (bicyclic) bond motifs is 1. The lowest BCUT2D eigenvalue weighted by molar-refractivity contribution is 0.328. The van der Waals surface area contributed by atoms with Crippen LogP contribution in [-0.4, -0.2) is 55.6 Å². The SMILES string of the molecule is CN(CC1CCN(c2ncc3cc(Br)ccc3n2)CC1)S(C)(=O)=O. The maximum atomic E-state index is 11.5. The van der Waals surface area contributed by atoms with E-state index in [4.69, 9.17) is 0 Å². The van der Waals surface area contributed by atoms with Crippen molar-refractivity contribution in [2.45, 2.75) is 12.8 Å². The van der Waals surface area contributed by atoms with Gasteiger partial charge in [0.05, 0.1) is 11.8 Å². The van der Waals surface area contributed by atoms with E-state index < -0.39 is 10.0 Å². The molecule has 0 spiro atoms. The van der Waals surface area contributed by atoms with Gasteiger partial charge in [-0.2, -0.15) is 0 Å². The Morgan fingerprint density at radius 2 is 2.04 bits per heavy atom. The molecule has 8 heteroatoms. The van der Waals surface area contributed by atoms with Gasteiger partial charge in [0.15, 0.2) is 0 Å². The molecule has 0 radical (unpaired) electrons. The molecule has 1 aliphatic rings. The molecule has 1 aromatic heterocycles. The maximum Gasteiger partial charge on any atom is 0.225 e. The molecule has 3 rings (SSSR count). The Kier molecular flexibility index (Phi) is 5.08. The maximum absolute atomic E-state index is 11.5. The van der Waals surface area contributed by atoms with E-state index in [0.29, 0.717) is 12.5 Å². The van der Waals surface area contributed by atoms with Crippen LogP contribution in [0.15, 0.2) is 28.9 Å². The van der Waals surface area contributed by atoms with Crippen molar-refractivity contribution in [2.75, 3.05) is 37.8 Å². The molecule has 1 aliphatic heterocycles. The van der Waals surface area contributed by atoms with Crippen molar-refractivity contribution in [3.63, 3.8) is 0 Å². The van der Waals surface area contributed by atoms with Gasteiger partial charge < -0.3 is 4.90 Å². The summed E-state index contributed by atoms with van der Waals surface area (Å²) < 4.78 is 25.5. The first-order chi connectivity index (χ1) is 11.3. The van der Waals surface area contributed by atoms with Crippen LogP contribution in [0, 0.1) is 5.92 Å². The van der Waals surface area contributed by atoms with E-state index in [0.717, 1.165) is 47.3 Å². The third-order valence-electron chi connectivity index (χ3n) is 4.51. The van der Waals surface area contributed by atoms with Gasteiger partial charge >= 0.3 is 0 Å². The molecule has 0 atom stereocenters. The third-order valence-corrected chi connectivity index (χ3v) is 6.28. The number of anilines is 1. The van der Waals surface area contributed by atoms with Crippen LogP contribution < -0.4 is 4.90 Å². The van der Waals surface area contributed by atoms with Gasteiger partial charge in [0.2, 0.25) is 16.0 Å². The van der Waals surface area contributed by atoms with Crippen molar-refractivity contribution < 1.29 is 8.42 Å². The average molecular weight is 413 g/mol. The van der Waals surface area contributed by atoms with Crippen molar-refractivity contribution in [3.05, 3.63) is 28.9 Å². The summed E-state index contributed by atoms with van der Waals surface area (Å²) in [7, 11) is -1.46. The molecule has 2 aromatic rings. The van der Waals surface area contributed by atoms with Crippen molar-refractivity contribution in [3.8, 4) is 0 Å². The predicted octanol–water partition coefficient (Wildman–Crippen LogP) is 2.50. The lowest BCUT2D eigenvalue weighted by atomic mass is 9.97. The molecular weight excluding hydrogens is 392 g/mol. The van der Waals surface area contributed by atoms with E-state index in [1.807, 2.05) is 24.4 Å². The molecule has 0 N–H and O–H groups in total. The summed E-state index contributed by atoms with van der Waals surface area (Å²) in [6.07, 6.45) is 5.00. The Bertz CT molecular complexity index is 835. The number of aromatic nitrogens is 2. The molecule has 24 heavy (non-hydrogen) atoms. The van der Waals surface area contributed by atoms with E-state index in [2.05, 4.69) is 30.8 Å². The Morgan fingerprint density at radius 3 is 2.71 bits per heavy atom. The van der Waals surface area contributed by atoms with E-state index >= 15 is 0 Å². The molecule has 6 nitrogen and oxygen atoms in total. The van der Waals surface area contributed by atoms with Crippen molar-refractivity contribution in [1.29, 1.82) is 0 Å². The zero-order valence-electron chi connectivity index (χ0n) is 13.8. The number of sulfonamides is 1. The molecular formula is C16H21BrN4O2S. The highest BCUT2D eigenvalue weighted by Crippen LogP contribution is 2.24. The van der Waals surface area contributed by atoms with Crippen LogP contribution in [0.25, 0.3) is 10.9 Å². The van der Waals surface area contributed by atoms with E-state index in [1.54, 1.807) is 7.05 Å². The Hall–Kier alpha value is -1.25. The van der Waals surface area contributed by atoms with Crippen LogP contribution in [0.4, 0.5) is 5.95 Å². The van der Waals surface area contributed by atoms with E-state index in [1.165, 1.54) is 10.6 Å². The number of hydrogen-bond acceptors (Lipinski definition) is 5. The summed E-state index contributed by atoms with van der Waals surface area (Å²) in [5.41, 5.74) is 0.933. The molecule has 0 saturated carbocycles. The van der Waals surface area contributed by atoms with Crippen LogP contribution in [0.3, 0.4) is 0 Å². The van der Waals surface area contributed by atoms with Gasteiger partial charge in [0.1, 0.15) is 0 Å².